The van der Waals surface area contributed by atoms with Gasteiger partial charge in [-0.25, -0.2) is 4.79 Å². The normalized spacial score (nSPS) is 9.87. The predicted molar refractivity (Wildman–Crippen MR) is 88.0 cm³/mol. The van der Waals surface area contributed by atoms with Gasteiger partial charge in [0.05, 0.1) is 7.11 Å². The molecule has 0 saturated carbocycles. The van der Waals surface area contributed by atoms with Crippen molar-refractivity contribution in [1.29, 1.82) is 0 Å². The van der Waals surface area contributed by atoms with E-state index in [0.717, 1.165) is 12.8 Å². The third kappa shape index (κ3) is 6.27. The lowest BCUT2D eigenvalue weighted by Crippen LogP contribution is -2.41. The van der Waals surface area contributed by atoms with Crippen molar-refractivity contribution in [2.24, 2.45) is 0 Å². The number of carbonyl (C=O) groups is 3. The summed E-state index contributed by atoms with van der Waals surface area (Å²) in [6, 6.07) is 2.45. The molecule has 0 unspecified atom stereocenters. The number of imide groups is 1. The zero-order valence-electron chi connectivity index (χ0n) is 13.0. The van der Waals surface area contributed by atoms with E-state index in [1.165, 1.54) is 13.2 Å². The molecular weight excluding hydrogens is 368 g/mol. The maximum atomic E-state index is 11.7. The molecule has 3 amide bonds. The van der Waals surface area contributed by atoms with Crippen LogP contribution in [0.1, 0.15) is 30.1 Å². The van der Waals surface area contributed by atoms with E-state index in [9.17, 15) is 14.4 Å². The largest absolute Gasteiger partial charge is 0.493 e. The lowest BCUT2D eigenvalue weighted by molar-refractivity contribution is -0.122. The molecule has 0 heterocycles. The van der Waals surface area contributed by atoms with Crippen molar-refractivity contribution >= 4 is 34.2 Å². The number of nitrogens with one attached hydrogen (secondary N) is 2. The topological polar surface area (TPSA) is 93.7 Å². The van der Waals surface area contributed by atoms with Crippen LogP contribution in [0.25, 0.3) is 0 Å². The first-order valence-corrected chi connectivity index (χ1v) is 7.84. The van der Waals surface area contributed by atoms with Crippen LogP contribution in [0.3, 0.4) is 0 Å². The Balaban J connectivity index is 2.58. The van der Waals surface area contributed by atoms with Crippen molar-refractivity contribution in [1.82, 2.24) is 10.6 Å². The zero-order chi connectivity index (χ0) is 17.2. The molecule has 0 aliphatic heterocycles. The Kier molecular flexibility index (Phi) is 8.10. The van der Waals surface area contributed by atoms with Crippen LogP contribution in [-0.4, -0.2) is 38.5 Å². The molecule has 126 valence electrons. The van der Waals surface area contributed by atoms with E-state index in [1.54, 1.807) is 6.07 Å². The highest BCUT2D eigenvalue weighted by atomic mass is 79.9. The van der Waals surface area contributed by atoms with Gasteiger partial charge in [0.2, 0.25) is 0 Å². The van der Waals surface area contributed by atoms with Crippen LogP contribution >= 0.6 is 15.9 Å². The smallest absolute Gasteiger partial charge is 0.321 e. The summed E-state index contributed by atoms with van der Waals surface area (Å²) in [6.45, 7) is 2.12. The number of hydrogen-bond donors (Lipinski definition) is 2. The van der Waals surface area contributed by atoms with Gasteiger partial charge in [-0.15, -0.1) is 0 Å². The van der Waals surface area contributed by atoms with Crippen LogP contribution in [0.15, 0.2) is 16.6 Å². The van der Waals surface area contributed by atoms with E-state index in [1.807, 2.05) is 6.92 Å². The number of carbonyl (C=O) groups excluding carboxylic acids is 3. The summed E-state index contributed by atoms with van der Waals surface area (Å²) in [5.41, 5.74) is 0.360. The molecule has 23 heavy (non-hydrogen) atoms. The number of hydrogen-bond acceptors (Lipinski definition) is 5. The number of ether oxygens (including phenoxy) is 2. The van der Waals surface area contributed by atoms with Crippen LogP contribution < -0.4 is 20.1 Å². The molecule has 0 spiro atoms. The maximum Gasteiger partial charge on any atom is 0.321 e. The second-order valence-corrected chi connectivity index (χ2v) is 5.44. The molecule has 0 radical (unpaired) electrons. The Bertz CT molecular complexity index is 577. The Morgan fingerprint density at radius 2 is 2.04 bits per heavy atom. The maximum absolute atomic E-state index is 11.7. The van der Waals surface area contributed by atoms with Gasteiger partial charge in [-0.05, 0) is 34.5 Å². The van der Waals surface area contributed by atoms with E-state index in [4.69, 9.17) is 9.47 Å². The van der Waals surface area contributed by atoms with E-state index in [-0.39, 0.29) is 12.4 Å². The summed E-state index contributed by atoms with van der Waals surface area (Å²) >= 11 is 3.23. The molecule has 0 saturated heterocycles. The average molecular weight is 387 g/mol. The minimum absolute atomic E-state index is 0.236. The van der Waals surface area contributed by atoms with E-state index in [2.05, 4.69) is 26.6 Å². The van der Waals surface area contributed by atoms with E-state index < -0.39 is 11.9 Å². The minimum atomic E-state index is -0.600. The van der Waals surface area contributed by atoms with Crippen LogP contribution in [0.2, 0.25) is 0 Å². The van der Waals surface area contributed by atoms with Crippen LogP contribution in [0, 0.1) is 0 Å². The van der Waals surface area contributed by atoms with Crippen molar-refractivity contribution in [3.8, 4) is 11.5 Å². The third-order valence-corrected chi connectivity index (χ3v) is 3.52. The Morgan fingerprint density at radius 1 is 1.30 bits per heavy atom. The zero-order valence-corrected chi connectivity index (χ0v) is 14.6. The van der Waals surface area contributed by atoms with Crippen LogP contribution in [0.5, 0.6) is 11.5 Å². The third-order valence-electron chi connectivity index (χ3n) is 2.84. The highest BCUT2D eigenvalue weighted by Gasteiger charge is 2.13. The highest BCUT2D eigenvalue weighted by Crippen LogP contribution is 2.32. The fourth-order valence-electron chi connectivity index (χ4n) is 1.64. The Labute approximate surface area is 142 Å². The van der Waals surface area contributed by atoms with Crippen molar-refractivity contribution in [3.05, 3.63) is 22.2 Å². The highest BCUT2D eigenvalue weighted by molar-refractivity contribution is 9.10. The van der Waals surface area contributed by atoms with Gasteiger partial charge in [0.25, 0.3) is 5.91 Å². The first kappa shape index (κ1) is 19.0. The fourth-order valence-corrected chi connectivity index (χ4v) is 2.06. The SMILES string of the molecule is CCCCNC(=O)NC(=O)COc1cc(C=O)c(Br)cc1OC. The monoisotopic (exact) mass is 386 g/mol. The first-order valence-electron chi connectivity index (χ1n) is 7.05. The summed E-state index contributed by atoms with van der Waals surface area (Å²) in [7, 11) is 1.44. The number of rotatable bonds is 8. The molecule has 0 fully saturated rings. The molecule has 0 aliphatic rings. The molecule has 1 aromatic carbocycles. The average Bonchev–Trinajstić information content (AvgIpc) is 2.53. The second-order valence-electron chi connectivity index (χ2n) is 4.59. The molecule has 1 aromatic rings. The van der Waals surface area contributed by atoms with Gasteiger partial charge >= 0.3 is 6.03 Å². The van der Waals surface area contributed by atoms with E-state index in [0.29, 0.717) is 28.6 Å². The summed E-state index contributed by atoms with van der Waals surface area (Å²) < 4.78 is 11.0. The van der Waals surface area contributed by atoms with Crippen LogP contribution in [0.4, 0.5) is 4.79 Å². The van der Waals surface area contributed by atoms with Gasteiger partial charge in [-0.3, -0.25) is 14.9 Å². The number of unbranched alkanes of at least 4 members (excludes halogenated alkanes) is 1. The quantitative estimate of drug-likeness (QED) is 0.527. The number of benzene rings is 1. The van der Waals surface area contributed by atoms with Gasteiger partial charge in [-0.1, -0.05) is 13.3 Å². The Hall–Kier alpha value is -2.09. The van der Waals surface area contributed by atoms with Crippen molar-refractivity contribution in [2.75, 3.05) is 20.3 Å². The van der Waals surface area contributed by atoms with Gasteiger partial charge in [-0.2, -0.15) is 0 Å². The number of amides is 3. The number of aldehydes is 1. The van der Waals surface area contributed by atoms with Crippen molar-refractivity contribution < 1.29 is 23.9 Å². The molecule has 1 rings (SSSR count). The molecule has 0 aliphatic carbocycles. The minimum Gasteiger partial charge on any atom is -0.493 e. The summed E-state index contributed by atoms with van der Waals surface area (Å²) in [6.07, 6.45) is 2.43. The van der Waals surface area contributed by atoms with Gasteiger partial charge in [0.1, 0.15) is 0 Å². The first-order chi connectivity index (χ1) is 11.0. The lowest BCUT2D eigenvalue weighted by atomic mass is 10.2. The number of methoxy groups -OCH3 is 1. The molecule has 7 nitrogen and oxygen atoms in total. The van der Waals surface area contributed by atoms with Gasteiger partial charge in [0, 0.05) is 16.6 Å². The fraction of sp³-hybridized carbons (Fsp3) is 0.400. The van der Waals surface area contributed by atoms with Gasteiger partial charge < -0.3 is 14.8 Å². The summed E-state index contributed by atoms with van der Waals surface area (Å²) in [4.78, 5) is 34.0. The number of urea groups is 1. The molecule has 0 atom stereocenters. The molecule has 0 bridgehead atoms. The second kappa shape index (κ2) is 9.83. The van der Waals surface area contributed by atoms with Crippen molar-refractivity contribution in [2.45, 2.75) is 19.8 Å². The summed E-state index contributed by atoms with van der Waals surface area (Å²) in [5, 5.41) is 4.71. The summed E-state index contributed by atoms with van der Waals surface area (Å²) in [5.74, 6) is -0.00126. The molecule has 0 aromatic heterocycles. The molecular formula is C15H19BrN2O5. The Morgan fingerprint density at radius 3 is 2.65 bits per heavy atom. The molecule has 8 heteroatoms. The standard InChI is InChI=1S/C15H19BrN2O5/c1-3-4-5-17-15(21)18-14(20)9-23-13-6-10(8-19)11(16)7-12(13)22-2/h6-8H,3-5,9H2,1-2H3,(H2,17,18,20,21). The lowest BCUT2D eigenvalue weighted by Gasteiger charge is -2.12. The molecule has 2 N–H and O–H groups in total. The predicted octanol–water partition coefficient (Wildman–Crippen LogP) is 2.27. The number of halogens is 1. The van der Waals surface area contributed by atoms with Crippen molar-refractivity contribution in [3.63, 3.8) is 0 Å². The van der Waals surface area contributed by atoms with Gasteiger partial charge in [0.15, 0.2) is 24.4 Å². The van der Waals surface area contributed by atoms with Crippen LogP contribution in [-0.2, 0) is 4.79 Å². The van der Waals surface area contributed by atoms with E-state index >= 15 is 0 Å².